The van der Waals surface area contributed by atoms with Crippen molar-refractivity contribution in [2.45, 2.75) is 38.8 Å². The number of aromatic nitrogens is 1. The SMILES string of the molecule is Cc1noc(C)c1CN1CCC2(CC1)NC(=O)N(CCO)C2=O. The van der Waals surface area contributed by atoms with Crippen molar-refractivity contribution in [3.05, 3.63) is 17.0 Å². The standard InChI is InChI=1S/C15H22N4O4/c1-10-12(11(2)23-17-10)9-18-5-3-15(4-6-18)13(21)19(7-8-20)14(22)16-15/h20H,3-9H2,1-2H3,(H,16,22). The first-order chi connectivity index (χ1) is 11.0. The maximum absolute atomic E-state index is 12.5. The molecule has 0 aliphatic carbocycles. The molecule has 2 aliphatic rings. The van der Waals surface area contributed by atoms with E-state index in [1.807, 2.05) is 13.8 Å². The summed E-state index contributed by atoms with van der Waals surface area (Å²) in [5.74, 6) is 0.607. The van der Waals surface area contributed by atoms with Crippen LogP contribution in [0, 0.1) is 13.8 Å². The highest BCUT2D eigenvalue weighted by atomic mass is 16.5. The van der Waals surface area contributed by atoms with Crippen molar-refractivity contribution in [1.82, 2.24) is 20.3 Å². The Balaban J connectivity index is 1.64. The summed E-state index contributed by atoms with van der Waals surface area (Å²) in [7, 11) is 0. The average Bonchev–Trinajstić information content (AvgIpc) is 2.96. The van der Waals surface area contributed by atoms with Crippen molar-refractivity contribution in [2.24, 2.45) is 0 Å². The number of carbonyl (C=O) groups excluding carboxylic acids is 2. The molecule has 1 aromatic heterocycles. The second kappa shape index (κ2) is 5.93. The van der Waals surface area contributed by atoms with Gasteiger partial charge < -0.3 is 14.9 Å². The fourth-order valence-electron chi connectivity index (χ4n) is 3.36. The highest BCUT2D eigenvalue weighted by Gasteiger charge is 2.52. The van der Waals surface area contributed by atoms with Gasteiger partial charge in [0.05, 0.1) is 18.8 Å². The minimum atomic E-state index is -0.804. The summed E-state index contributed by atoms with van der Waals surface area (Å²) in [4.78, 5) is 27.8. The summed E-state index contributed by atoms with van der Waals surface area (Å²) < 4.78 is 5.18. The Morgan fingerprint density at radius 3 is 2.57 bits per heavy atom. The predicted octanol–water partition coefficient (Wildman–Crippen LogP) is 0.170. The molecule has 8 heteroatoms. The summed E-state index contributed by atoms with van der Waals surface area (Å²) in [5.41, 5.74) is 1.17. The van der Waals surface area contributed by atoms with E-state index in [1.54, 1.807) is 0 Å². The van der Waals surface area contributed by atoms with Gasteiger partial charge in [-0.05, 0) is 26.7 Å². The molecule has 2 saturated heterocycles. The Morgan fingerprint density at radius 1 is 1.30 bits per heavy atom. The summed E-state index contributed by atoms with van der Waals surface area (Å²) in [6.07, 6.45) is 1.14. The third kappa shape index (κ3) is 2.72. The summed E-state index contributed by atoms with van der Waals surface area (Å²) in [5, 5.41) is 15.8. The molecule has 0 radical (unpaired) electrons. The molecule has 2 fully saturated rings. The number of amides is 3. The molecule has 23 heavy (non-hydrogen) atoms. The molecule has 1 spiro atoms. The second-order valence-electron chi connectivity index (χ2n) is 6.27. The van der Waals surface area contributed by atoms with Crippen LogP contribution in [-0.4, -0.2) is 63.8 Å². The molecule has 1 aromatic rings. The topological polar surface area (TPSA) is 98.9 Å². The van der Waals surface area contributed by atoms with Gasteiger partial charge in [0.2, 0.25) is 0 Å². The van der Waals surface area contributed by atoms with Gasteiger partial charge >= 0.3 is 6.03 Å². The zero-order valence-electron chi connectivity index (χ0n) is 13.5. The molecule has 3 rings (SSSR count). The third-order valence-corrected chi connectivity index (χ3v) is 4.84. The molecule has 0 unspecified atom stereocenters. The number of imide groups is 1. The van der Waals surface area contributed by atoms with Crippen molar-refractivity contribution in [1.29, 1.82) is 0 Å². The second-order valence-corrected chi connectivity index (χ2v) is 6.27. The van der Waals surface area contributed by atoms with E-state index in [0.29, 0.717) is 25.9 Å². The number of rotatable bonds is 4. The molecular weight excluding hydrogens is 300 g/mol. The quantitative estimate of drug-likeness (QED) is 0.767. The first-order valence-corrected chi connectivity index (χ1v) is 7.86. The Hall–Kier alpha value is -1.93. The number of aliphatic hydroxyl groups excluding tert-OH is 1. The number of nitrogens with zero attached hydrogens (tertiary/aromatic N) is 3. The van der Waals surface area contributed by atoms with Gasteiger partial charge in [-0.15, -0.1) is 0 Å². The van der Waals surface area contributed by atoms with E-state index in [2.05, 4.69) is 15.4 Å². The molecule has 2 N–H and O–H groups in total. The van der Waals surface area contributed by atoms with Gasteiger partial charge in [-0.1, -0.05) is 5.16 Å². The summed E-state index contributed by atoms with van der Waals surface area (Å²) in [6.45, 7) is 5.81. The maximum atomic E-state index is 12.5. The first kappa shape index (κ1) is 15.9. The van der Waals surface area contributed by atoms with Gasteiger partial charge in [0.1, 0.15) is 11.3 Å². The lowest BCUT2D eigenvalue weighted by atomic mass is 9.87. The third-order valence-electron chi connectivity index (χ3n) is 4.84. The minimum absolute atomic E-state index is 0.0508. The predicted molar refractivity (Wildman–Crippen MR) is 80.5 cm³/mol. The number of urea groups is 1. The molecular formula is C15H22N4O4. The highest BCUT2D eigenvalue weighted by Crippen LogP contribution is 2.30. The number of hydrogen-bond acceptors (Lipinski definition) is 6. The van der Waals surface area contributed by atoms with Crippen LogP contribution in [0.4, 0.5) is 4.79 Å². The van der Waals surface area contributed by atoms with Crippen LogP contribution >= 0.6 is 0 Å². The number of β-amino-alcohol motifs (C(OH)–C–C–N with tert-alkyl or cyclic N) is 1. The zero-order valence-corrected chi connectivity index (χ0v) is 13.5. The number of aryl methyl sites for hydroxylation is 2. The number of carbonyl (C=O) groups is 2. The Kier molecular flexibility index (Phi) is 4.11. The van der Waals surface area contributed by atoms with Crippen LogP contribution in [0.15, 0.2) is 4.52 Å². The monoisotopic (exact) mass is 322 g/mol. The van der Waals surface area contributed by atoms with Crippen molar-refractivity contribution in [3.8, 4) is 0 Å². The van der Waals surface area contributed by atoms with E-state index < -0.39 is 11.6 Å². The molecule has 3 amide bonds. The average molecular weight is 322 g/mol. The molecule has 126 valence electrons. The van der Waals surface area contributed by atoms with Gasteiger partial charge in [-0.3, -0.25) is 14.6 Å². The Bertz CT molecular complexity index is 599. The van der Waals surface area contributed by atoms with Crippen molar-refractivity contribution in [3.63, 3.8) is 0 Å². The largest absolute Gasteiger partial charge is 0.395 e. The van der Waals surface area contributed by atoms with Gasteiger partial charge in [-0.25, -0.2) is 4.79 Å². The molecule has 0 bridgehead atoms. The van der Waals surface area contributed by atoms with Crippen LogP contribution in [0.2, 0.25) is 0 Å². The Morgan fingerprint density at radius 2 is 2.00 bits per heavy atom. The molecule has 2 aliphatic heterocycles. The van der Waals surface area contributed by atoms with Gasteiger partial charge in [0.15, 0.2) is 0 Å². The Labute approximate surface area is 134 Å². The fraction of sp³-hybridized carbons (Fsp3) is 0.667. The van der Waals surface area contributed by atoms with Crippen LogP contribution in [-0.2, 0) is 11.3 Å². The lowest BCUT2D eigenvalue weighted by Gasteiger charge is -2.37. The number of nitrogens with one attached hydrogen (secondary N) is 1. The number of piperidine rings is 1. The molecule has 0 saturated carbocycles. The smallest absolute Gasteiger partial charge is 0.325 e. The van der Waals surface area contributed by atoms with Crippen molar-refractivity contribution < 1.29 is 19.2 Å². The number of hydrogen-bond donors (Lipinski definition) is 2. The highest BCUT2D eigenvalue weighted by molar-refractivity contribution is 6.07. The van der Waals surface area contributed by atoms with Crippen molar-refractivity contribution >= 4 is 11.9 Å². The maximum Gasteiger partial charge on any atom is 0.325 e. The van der Waals surface area contributed by atoms with Crippen LogP contribution < -0.4 is 5.32 Å². The first-order valence-electron chi connectivity index (χ1n) is 7.86. The van der Waals surface area contributed by atoms with E-state index >= 15 is 0 Å². The normalized spacial score (nSPS) is 21.3. The lowest BCUT2D eigenvalue weighted by molar-refractivity contribution is -0.133. The van der Waals surface area contributed by atoms with E-state index in [-0.39, 0.29) is 19.1 Å². The molecule has 0 atom stereocenters. The molecule has 3 heterocycles. The van der Waals surface area contributed by atoms with Crippen LogP contribution in [0.5, 0.6) is 0 Å². The molecule has 8 nitrogen and oxygen atoms in total. The zero-order chi connectivity index (χ0) is 16.6. The molecule has 0 aromatic carbocycles. The minimum Gasteiger partial charge on any atom is -0.395 e. The summed E-state index contributed by atoms with van der Waals surface area (Å²) in [6, 6.07) is -0.400. The lowest BCUT2D eigenvalue weighted by Crippen LogP contribution is -2.54. The van der Waals surface area contributed by atoms with Gasteiger partial charge in [-0.2, -0.15) is 0 Å². The number of aliphatic hydroxyl groups is 1. The van der Waals surface area contributed by atoms with Crippen LogP contribution in [0.25, 0.3) is 0 Å². The van der Waals surface area contributed by atoms with E-state index in [1.165, 1.54) is 0 Å². The van der Waals surface area contributed by atoms with E-state index in [4.69, 9.17) is 9.63 Å². The van der Waals surface area contributed by atoms with Gasteiger partial charge in [0.25, 0.3) is 5.91 Å². The van der Waals surface area contributed by atoms with Crippen LogP contribution in [0.3, 0.4) is 0 Å². The van der Waals surface area contributed by atoms with Crippen molar-refractivity contribution in [2.75, 3.05) is 26.2 Å². The van der Waals surface area contributed by atoms with E-state index in [0.717, 1.165) is 28.5 Å². The fourth-order valence-corrected chi connectivity index (χ4v) is 3.36. The van der Waals surface area contributed by atoms with Gasteiger partial charge in [0, 0.05) is 25.2 Å². The number of likely N-dealkylation sites (tertiary alicyclic amines) is 1. The summed E-state index contributed by atoms with van der Waals surface area (Å²) >= 11 is 0. The van der Waals surface area contributed by atoms with Crippen LogP contribution in [0.1, 0.15) is 29.9 Å². The van der Waals surface area contributed by atoms with E-state index in [9.17, 15) is 9.59 Å².